The van der Waals surface area contributed by atoms with E-state index in [1.807, 2.05) is 43.9 Å². The number of nitrogens with zero attached hydrogens (tertiary/aromatic N) is 2. The van der Waals surface area contributed by atoms with Gasteiger partial charge in [0.2, 0.25) is 11.8 Å². The van der Waals surface area contributed by atoms with Crippen molar-refractivity contribution in [1.82, 2.24) is 15.1 Å². The van der Waals surface area contributed by atoms with Crippen LogP contribution in [0.5, 0.6) is 0 Å². The number of carbonyl (C=O) groups is 3. The zero-order chi connectivity index (χ0) is 27.4. The molecule has 2 heterocycles. The summed E-state index contributed by atoms with van der Waals surface area (Å²) in [6.45, 7) is 8.94. The Bertz CT molecular complexity index is 975. The van der Waals surface area contributed by atoms with Gasteiger partial charge in [-0.2, -0.15) is 0 Å². The maximum atomic E-state index is 13.4. The quantitative estimate of drug-likeness (QED) is 0.514. The van der Waals surface area contributed by atoms with Gasteiger partial charge in [-0.25, -0.2) is 0 Å². The standard InChI is InChI=1S/C31H47N3O4/c1-21(35)14-25-16-26(15-22-10-6-5-7-11-22)34(30(25)38)20-27(36)19-33-18-24-13-9-8-12-23(24)17-28(33)29(37)32-31(2,3)4/h5-7,10-11,23-28,36H,8-9,12-20H2,1-4H3,(H,32,37)/t23-,24+,25?,26-,27?,28?/m0/s1. The molecule has 2 aliphatic heterocycles. The highest BCUT2D eigenvalue weighted by atomic mass is 16.3. The Balaban J connectivity index is 1.47. The van der Waals surface area contributed by atoms with E-state index in [2.05, 4.69) is 22.3 Å². The number of hydrogen-bond acceptors (Lipinski definition) is 5. The van der Waals surface area contributed by atoms with E-state index in [0.717, 1.165) is 18.5 Å². The molecule has 2 amide bonds. The third-order valence-corrected chi connectivity index (χ3v) is 8.63. The second-order valence-corrected chi connectivity index (χ2v) is 13.1. The van der Waals surface area contributed by atoms with Crippen molar-refractivity contribution >= 4 is 17.6 Å². The van der Waals surface area contributed by atoms with Crippen LogP contribution >= 0.6 is 0 Å². The molecular formula is C31H47N3O4. The number of aliphatic hydroxyl groups excluding tert-OH is 1. The minimum absolute atomic E-state index is 0.0206. The topological polar surface area (TPSA) is 90.0 Å². The van der Waals surface area contributed by atoms with E-state index >= 15 is 0 Å². The van der Waals surface area contributed by atoms with Crippen LogP contribution in [0.15, 0.2) is 30.3 Å². The molecule has 0 spiro atoms. The van der Waals surface area contributed by atoms with Crippen molar-refractivity contribution in [3.63, 3.8) is 0 Å². The number of amides is 2. The van der Waals surface area contributed by atoms with Crippen LogP contribution < -0.4 is 5.32 Å². The van der Waals surface area contributed by atoms with Gasteiger partial charge in [0.1, 0.15) is 5.78 Å². The van der Waals surface area contributed by atoms with Gasteiger partial charge in [-0.05, 0) is 70.8 Å². The Morgan fingerprint density at radius 2 is 1.74 bits per heavy atom. The molecule has 1 aromatic rings. The van der Waals surface area contributed by atoms with Gasteiger partial charge in [0.05, 0.1) is 12.1 Å². The third kappa shape index (κ3) is 7.44. The summed E-state index contributed by atoms with van der Waals surface area (Å²) < 4.78 is 0. The lowest BCUT2D eigenvalue weighted by molar-refractivity contribution is -0.137. The van der Waals surface area contributed by atoms with Crippen LogP contribution in [0.3, 0.4) is 0 Å². The van der Waals surface area contributed by atoms with Gasteiger partial charge in [0, 0.05) is 43.6 Å². The monoisotopic (exact) mass is 525 g/mol. The summed E-state index contributed by atoms with van der Waals surface area (Å²) in [6.07, 6.45) is 6.49. The fourth-order valence-electron chi connectivity index (χ4n) is 6.99. The van der Waals surface area contributed by atoms with Crippen molar-refractivity contribution in [2.75, 3.05) is 19.6 Å². The van der Waals surface area contributed by atoms with Crippen LogP contribution in [-0.4, -0.2) is 75.9 Å². The molecule has 7 heteroatoms. The number of benzene rings is 1. The molecule has 3 unspecified atom stereocenters. The summed E-state index contributed by atoms with van der Waals surface area (Å²) in [5, 5.41) is 14.5. The molecule has 1 aliphatic carbocycles. The minimum Gasteiger partial charge on any atom is -0.390 e. The van der Waals surface area contributed by atoms with Crippen LogP contribution in [0.25, 0.3) is 0 Å². The zero-order valence-corrected chi connectivity index (χ0v) is 23.7. The summed E-state index contributed by atoms with van der Waals surface area (Å²) in [5.74, 6) is 0.830. The normalized spacial score (nSPS) is 29.1. The number of carbonyl (C=O) groups excluding carboxylic acids is 3. The third-order valence-electron chi connectivity index (χ3n) is 8.63. The molecule has 2 N–H and O–H groups in total. The van der Waals surface area contributed by atoms with Gasteiger partial charge in [-0.15, -0.1) is 0 Å². The molecule has 0 aromatic heterocycles. The summed E-state index contributed by atoms with van der Waals surface area (Å²) in [6, 6.07) is 9.78. The first-order valence-electron chi connectivity index (χ1n) is 14.6. The smallest absolute Gasteiger partial charge is 0.237 e. The number of rotatable bonds is 9. The second-order valence-electron chi connectivity index (χ2n) is 13.1. The van der Waals surface area contributed by atoms with E-state index in [1.165, 1.54) is 32.6 Å². The average Bonchev–Trinajstić information content (AvgIpc) is 3.11. The highest BCUT2D eigenvalue weighted by Crippen LogP contribution is 2.39. The lowest BCUT2D eigenvalue weighted by Gasteiger charge is -2.46. The predicted octanol–water partition coefficient (Wildman–Crippen LogP) is 3.58. The molecule has 0 radical (unpaired) electrons. The van der Waals surface area contributed by atoms with Crippen LogP contribution in [0, 0.1) is 17.8 Å². The summed E-state index contributed by atoms with van der Waals surface area (Å²) in [7, 11) is 0. The molecule has 0 bridgehead atoms. The molecule has 1 aromatic carbocycles. The van der Waals surface area contributed by atoms with E-state index in [0.29, 0.717) is 31.2 Å². The number of hydrogen-bond donors (Lipinski definition) is 2. The van der Waals surface area contributed by atoms with Crippen LogP contribution in [0.2, 0.25) is 0 Å². The number of aliphatic hydroxyl groups is 1. The average molecular weight is 526 g/mol. The highest BCUT2D eigenvalue weighted by molar-refractivity contribution is 5.87. The second kappa shape index (κ2) is 12.3. The van der Waals surface area contributed by atoms with Gasteiger partial charge in [-0.1, -0.05) is 49.6 Å². The number of nitrogens with one attached hydrogen (secondary N) is 1. The number of piperidine rings is 1. The zero-order valence-electron chi connectivity index (χ0n) is 23.7. The Morgan fingerprint density at radius 1 is 1.05 bits per heavy atom. The summed E-state index contributed by atoms with van der Waals surface area (Å²) in [5.41, 5.74) is 0.829. The molecule has 4 rings (SSSR count). The fourth-order valence-corrected chi connectivity index (χ4v) is 6.99. The van der Waals surface area contributed by atoms with Crippen molar-refractivity contribution < 1.29 is 19.5 Å². The molecule has 210 valence electrons. The van der Waals surface area contributed by atoms with Gasteiger partial charge >= 0.3 is 0 Å². The van der Waals surface area contributed by atoms with Gasteiger partial charge in [0.25, 0.3) is 0 Å². The molecule has 7 nitrogen and oxygen atoms in total. The van der Waals surface area contributed by atoms with Crippen LogP contribution in [0.1, 0.15) is 78.2 Å². The number of β-amino-alcohol motifs (C(OH)–C–C–N with tert-alkyl or cyclic N) is 1. The van der Waals surface area contributed by atoms with Gasteiger partial charge < -0.3 is 20.1 Å². The maximum absolute atomic E-state index is 13.4. The summed E-state index contributed by atoms with van der Waals surface area (Å²) in [4.78, 5) is 42.6. The fraction of sp³-hybridized carbons (Fsp3) is 0.710. The number of likely N-dealkylation sites (tertiary alicyclic amines) is 2. The van der Waals surface area contributed by atoms with E-state index in [-0.39, 0.29) is 54.1 Å². The van der Waals surface area contributed by atoms with E-state index in [1.54, 1.807) is 0 Å². The largest absolute Gasteiger partial charge is 0.390 e. The molecule has 3 aliphatic rings. The molecule has 38 heavy (non-hydrogen) atoms. The van der Waals surface area contributed by atoms with E-state index in [9.17, 15) is 19.5 Å². The molecular weight excluding hydrogens is 478 g/mol. The Labute approximate surface area is 228 Å². The Morgan fingerprint density at radius 3 is 2.39 bits per heavy atom. The van der Waals surface area contributed by atoms with Crippen molar-refractivity contribution in [3.05, 3.63) is 35.9 Å². The molecule has 3 fully saturated rings. The predicted molar refractivity (Wildman–Crippen MR) is 148 cm³/mol. The summed E-state index contributed by atoms with van der Waals surface area (Å²) >= 11 is 0. The van der Waals surface area contributed by atoms with Crippen LogP contribution in [-0.2, 0) is 20.8 Å². The Kier molecular flexibility index (Phi) is 9.30. The first kappa shape index (κ1) is 28.8. The van der Waals surface area contributed by atoms with Crippen molar-refractivity contribution in [2.24, 2.45) is 17.8 Å². The van der Waals surface area contributed by atoms with Crippen molar-refractivity contribution in [1.29, 1.82) is 0 Å². The number of fused-ring (bicyclic) bond motifs is 1. The Hall–Kier alpha value is -2.25. The maximum Gasteiger partial charge on any atom is 0.237 e. The molecule has 2 saturated heterocycles. The van der Waals surface area contributed by atoms with Gasteiger partial charge in [0.15, 0.2) is 0 Å². The lowest BCUT2D eigenvalue weighted by Crippen LogP contribution is -2.59. The minimum atomic E-state index is -0.765. The van der Waals surface area contributed by atoms with E-state index < -0.39 is 6.10 Å². The lowest BCUT2D eigenvalue weighted by atomic mass is 9.72. The molecule has 1 saturated carbocycles. The highest BCUT2D eigenvalue weighted by Gasteiger charge is 2.43. The van der Waals surface area contributed by atoms with Gasteiger partial charge in [-0.3, -0.25) is 14.5 Å². The van der Waals surface area contributed by atoms with E-state index in [4.69, 9.17) is 0 Å². The first-order valence-corrected chi connectivity index (χ1v) is 14.6. The van der Waals surface area contributed by atoms with Crippen LogP contribution in [0.4, 0.5) is 0 Å². The molecule has 6 atom stereocenters. The first-order chi connectivity index (χ1) is 18.0. The van der Waals surface area contributed by atoms with Crippen molar-refractivity contribution in [3.8, 4) is 0 Å². The SMILES string of the molecule is CC(=O)CC1C[C@H](Cc2ccccc2)N(CC(O)CN2C[C@H]3CCCC[C@H]3CC2C(=O)NC(C)(C)C)C1=O. The van der Waals surface area contributed by atoms with Crippen molar-refractivity contribution in [2.45, 2.75) is 103 Å². The number of Topliss-reactive ketones (excluding diaryl/α,β-unsaturated/α-hetero) is 1. The number of ketones is 1.